The predicted molar refractivity (Wildman–Crippen MR) is 109 cm³/mol. The average Bonchev–Trinajstić information content (AvgIpc) is 2.64. The number of carbonyl (C=O) groups is 2. The van der Waals surface area contributed by atoms with E-state index in [9.17, 15) is 9.59 Å². The maximum absolute atomic E-state index is 12.8. The Kier molecular flexibility index (Phi) is 7.34. The van der Waals surface area contributed by atoms with Crippen molar-refractivity contribution >= 4 is 23.6 Å². The Hall–Kier alpha value is -2.05. The molecule has 0 radical (unpaired) electrons. The van der Waals surface area contributed by atoms with Crippen LogP contribution in [0.1, 0.15) is 50.6 Å². The summed E-state index contributed by atoms with van der Waals surface area (Å²) in [5.74, 6) is -0.406. The van der Waals surface area contributed by atoms with Gasteiger partial charge < -0.3 is 15.4 Å². The fourth-order valence-electron chi connectivity index (χ4n) is 3.79. The number of hydrogen-bond donors (Lipinski definition) is 2. The fraction of sp³-hybridized carbons (Fsp3) is 0.524. The number of benzene rings is 1. The summed E-state index contributed by atoms with van der Waals surface area (Å²) < 4.78 is 5.32. The number of nitrogens with one attached hydrogen (secondary N) is 2. The zero-order valence-corrected chi connectivity index (χ0v) is 17.1. The first kappa shape index (κ1) is 20.7. The van der Waals surface area contributed by atoms with Crippen molar-refractivity contribution in [2.75, 3.05) is 26.2 Å². The van der Waals surface area contributed by atoms with Crippen LogP contribution in [-0.4, -0.2) is 43.1 Å². The molecule has 0 spiro atoms. The van der Waals surface area contributed by atoms with Crippen molar-refractivity contribution < 1.29 is 14.3 Å². The Morgan fingerprint density at radius 1 is 1.14 bits per heavy atom. The Morgan fingerprint density at radius 2 is 1.79 bits per heavy atom. The van der Waals surface area contributed by atoms with E-state index in [2.05, 4.69) is 15.5 Å². The first-order valence-corrected chi connectivity index (χ1v) is 10.4. The lowest BCUT2D eigenvalue weighted by Gasteiger charge is -2.32. The van der Waals surface area contributed by atoms with Gasteiger partial charge in [0.2, 0.25) is 0 Å². The molecule has 2 aliphatic heterocycles. The van der Waals surface area contributed by atoms with Gasteiger partial charge in [0.1, 0.15) is 0 Å². The van der Waals surface area contributed by atoms with E-state index in [0.717, 1.165) is 31.5 Å². The average molecular weight is 406 g/mol. The van der Waals surface area contributed by atoms with Crippen molar-refractivity contribution in [3.8, 4) is 0 Å². The molecule has 1 saturated heterocycles. The zero-order chi connectivity index (χ0) is 19.9. The van der Waals surface area contributed by atoms with Crippen LogP contribution in [0.15, 0.2) is 35.5 Å². The molecule has 1 aromatic rings. The summed E-state index contributed by atoms with van der Waals surface area (Å²) in [6.07, 6.45) is 6.00. The Balaban J connectivity index is 1.93. The fourth-order valence-corrected chi connectivity index (χ4v) is 3.92. The van der Waals surface area contributed by atoms with Crippen molar-refractivity contribution in [1.29, 1.82) is 0 Å². The van der Waals surface area contributed by atoms with E-state index in [4.69, 9.17) is 16.3 Å². The Bertz CT molecular complexity index is 725. The van der Waals surface area contributed by atoms with Crippen molar-refractivity contribution in [1.82, 2.24) is 15.5 Å². The monoisotopic (exact) mass is 405 g/mol. The summed E-state index contributed by atoms with van der Waals surface area (Å²) in [7, 11) is 0. The minimum absolute atomic E-state index is 0.278. The molecule has 0 aromatic heterocycles. The number of hydrogen-bond acceptors (Lipinski definition) is 4. The minimum Gasteiger partial charge on any atom is -0.463 e. The summed E-state index contributed by atoms with van der Waals surface area (Å²) in [6.45, 7) is 4.53. The number of likely N-dealkylation sites (tertiary alicyclic amines) is 1. The summed E-state index contributed by atoms with van der Waals surface area (Å²) >= 11 is 6.00. The lowest BCUT2D eigenvalue weighted by molar-refractivity contribution is -0.139. The highest BCUT2D eigenvalue weighted by atomic mass is 35.5. The van der Waals surface area contributed by atoms with Crippen molar-refractivity contribution in [3.05, 3.63) is 46.1 Å². The molecule has 1 aromatic carbocycles. The number of carbonyl (C=O) groups excluding carboxylic acids is 2. The van der Waals surface area contributed by atoms with E-state index in [1.807, 2.05) is 12.1 Å². The van der Waals surface area contributed by atoms with Crippen LogP contribution in [0.5, 0.6) is 0 Å². The lowest BCUT2D eigenvalue weighted by atomic mass is 9.95. The quantitative estimate of drug-likeness (QED) is 0.731. The van der Waals surface area contributed by atoms with E-state index < -0.39 is 12.0 Å². The van der Waals surface area contributed by atoms with Gasteiger partial charge in [-0.05, 0) is 50.6 Å². The van der Waals surface area contributed by atoms with Gasteiger partial charge in [-0.25, -0.2) is 9.59 Å². The number of nitrogens with zero attached hydrogens (tertiary/aromatic N) is 1. The first-order chi connectivity index (χ1) is 13.6. The molecule has 3 rings (SSSR count). The van der Waals surface area contributed by atoms with Crippen LogP contribution >= 0.6 is 11.6 Å². The maximum Gasteiger partial charge on any atom is 0.338 e. The molecule has 0 unspecified atom stereocenters. The summed E-state index contributed by atoms with van der Waals surface area (Å²) in [5.41, 5.74) is 1.89. The molecule has 152 valence electrons. The number of esters is 1. The van der Waals surface area contributed by atoms with Gasteiger partial charge in [0, 0.05) is 17.3 Å². The number of urea groups is 1. The SMILES string of the molecule is CCOC(=O)C1=C(CN2CCCCCCC2)NC(=O)N[C@H]1c1ccc(Cl)cc1. The molecule has 6 nitrogen and oxygen atoms in total. The first-order valence-electron chi connectivity index (χ1n) is 10.0. The van der Waals surface area contributed by atoms with E-state index in [-0.39, 0.29) is 12.6 Å². The van der Waals surface area contributed by atoms with Crippen LogP contribution in [0, 0.1) is 0 Å². The normalized spacial score (nSPS) is 21.4. The predicted octanol–water partition coefficient (Wildman–Crippen LogP) is 3.78. The number of rotatable bonds is 5. The molecule has 2 heterocycles. The van der Waals surface area contributed by atoms with E-state index in [1.165, 1.54) is 19.3 Å². The van der Waals surface area contributed by atoms with Crippen molar-refractivity contribution in [3.63, 3.8) is 0 Å². The molecule has 28 heavy (non-hydrogen) atoms. The second-order valence-corrected chi connectivity index (χ2v) is 7.68. The molecule has 0 aliphatic carbocycles. The largest absolute Gasteiger partial charge is 0.463 e. The Morgan fingerprint density at radius 3 is 2.43 bits per heavy atom. The summed E-state index contributed by atoms with van der Waals surface area (Å²) in [4.78, 5) is 27.5. The van der Waals surface area contributed by atoms with Crippen LogP contribution in [0.25, 0.3) is 0 Å². The molecular formula is C21H28ClN3O3. The van der Waals surface area contributed by atoms with Crippen molar-refractivity contribution in [2.45, 2.75) is 45.1 Å². The van der Waals surface area contributed by atoms with Gasteiger partial charge in [0.15, 0.2) is 0 Å². The molecule has 7 heteroatoms. The summed E-state index contributed by atoms with van der Waals surface area (Å²) in [6, 6.07) is 6.29. The van der Waals surface area contributed by atoms with Gasteiger partial charge in [-0.1, -0.05) is 43.0 Å². The smallest absolute Gasteiger partial charge is 0.338 e. The zero-order valence-electron chi connectivity index (χ0n) is 16.3. The third kappa shape index (κ3) is 5.26. The third-order valence-electron chi connectivity index (χ3n) is 5.18. The molecule has 2 amide bonds. The van der Waals surface area contributed by atoms with Gasteiger partial charge in [-0.2, -0.15) is 0 Å². The third-order valence-corrected chi connectivity index (χ3v) is 5.43. The molecule has 0 bridgehead atoms. The van der Waals surface area contributed by atoms with E-state index in [0.29, 0.717) is 22.8 Å². The number of halogens is 1. The lowest BCUT2D eigenvalue weighted by Crippen LogP contribution is -2.48. The van der Waals surface area contributed by atoms with Gasteiger partial charge in [0.25, 0.3) is 0 Å². The Labute approximate surface area is 171 Å². The highest BCUT2D eigenvalue weighted by Crippen LogP contribution is 2.29. The maximum atomic E-state index is 12.8. The molecule has 2 N–H and O–H groups in total. The summed E-state index contributed by atoms with van der Waals surface area (Å²) in [5, 5.41) is 6.33. The van der Waals surface area contributed by atoms with Crippen LogP contribution in [-0.2, 0) is 9.53 Å². The van der Waals surface area contributed by atoms with Crippen LogP contribution in [0.4, 0.5) is 4.79 Å². The molecule has 0 saturated carbocycles. The number of amides is 2. The van der Waals surface area contributed by atoms with Gasteiger partial charge in [0.05, 0.1) is 18.2 Å². The second kappa shape index (κ2) is 9.94. The van der Waals surface area contributed by atoms with Gasteiger partial charge >= 0.3 is 12.0 Å². The molecule has 1 fully saturated rings. The van der Waals surface area contributed by atoms with E-state index in [1.54, 1.807) is 19.1 Å². The highest BCUT2D eigenvalue weighted by molar-refractivity contribution is 6.30. The van der Waals surface area contributed by atoms with Crippen LogP contribution < -0.4 is 10.6 Å². The number of ether oxygens (including phenoxy) is 1. The highest BCUT2D eigenvalue weighted by Gasteiger charge is 2.34. The van der Waals surface area contributed by atoms with Gasteiger partial charge in [-0.15, -0.1) is 0 Å². The van der Waals surface area contributed by atoms with Crippen LogP contribution in [0.3, 0.4) is 0 Å². The topological polar surface area (TPSA) is 70.7 Å². The van der Waals surface area contributed by atoms with E-state index >= 15 is 0 Å². The standard InChI is InChI=1S/C21H28ClN3O3/c1-2-28-20(26)18-17(14-25-12-6-4-3-5-7-13-25)23-21(27)24-19(18)15-8-10-16(22)11-9-15/h8-11,19H,2-7,12-14H2,1H3,(H2,23,24,27)/t19-/m0/s1. The van der Waals surface area contributed by atoms with Crippen molar-refractivity contribution in [2.24, 2.45) is 0 Å². The minimum atomic E-state index is -0.560. The molecule has 1 atom stereocenters. The van der Waals surface area contributed by atoms with Crippen LogP contribution in [0.2, 0.25) is 5.02 Å². The second-order valence-electron chi connectivity index (χ2n) is 7.24. The molecule has 2 aliphatic rings. The van der Waals surface area contributed by atoms with Gasteiger partial charge in [-0.3, -0.25) is 4.90 Å². The molecular weight excluding hydrogens is 378 g/mol.